The van der Waals surface area contributed by atoms with E-state index in [-0.39, 0.29) is 0 Å². The molecule has 0 saturated carbocycles. The minimum Gasteiger partial charge on any atom is -0.377 e. The van der Waals surface area contributed by atoms with Gasteiger partial charge in [-0.15, -0.1) is 6.58 Å². The van der Waals surface area contributed by atoms with Gasteiger partial charge in [0.15, 0.2) is 6.29 Å². The van der Waals surface area contributed by atoms with Crippen molar-refractivity contribution in [3.8, 4) is 0 Å². The molecule has 3 unspecified atom stereocenters. The van der Waals surface area contributed by atoms with Crippen LogP contribution in [0.5, 0.6) is 0 Å². The molecule has 5 atom stereocenters. The average Bonchev–Trinajstić information content (AvgIpc) is 3.22. The maximum Gasteiger partial charge on any atom is 0.151 e. The van der Waals surface area contributed by atoms with Crippen molar-refractivity contribution in [1.29, 1.82) is 0 Å². The van der Waals surface area contributed by atoms with E-state index < -0.39 is 30.5 Å². The number of hydrogen-bond donors (Lipinski definition) is 0. The van der Waals surface area contributed by atoms with Crippen molar-refractivity contribution >= 4 is 6.29 Å². The molecule has 0 amide bonds. The molecule has 0 spiro atoms. The van der Waals surface area contributed by atoms with Crippen LogP contribution in [0, 0.1) is 6.92 Å². The van der Waals surface area contributed by atoms with Gasteiger partial charge >= 0.3 is 0 Å². The zero-order valence-electron chi connectivity index (χ0n) is 31.3. The van der Waals surface area contributed by atoms with Crippen molar-refractivity contribution < 1.29 is 28.5 Å². The molecule has 0 aromatic heterocycles. The van der Waals surface area contributed by atoms with E-state index in [9.17, 15) is 4.79 Å². The Kier molecular flexibility index (Phi) is 14.9. The van der Waals surface area contributed by atoms with Crippen LogP contribution in [0.25, 0.3) is 0 Å². The number of rotatable bonds is 20. The molecule has 1 aliphatic rings. The number of carbonyl (C=O) groups excluding carboxylic acids is 1. The minimum atomic E-state index is -0.873. The van der Waals surface area contributed by atoms with E-state index >= 15 is 0 Å². The number of hydrogen-bond acceptors (Lipinski definition) is 6. The van der Waals surface area contributed by atoms with Crippen molar-refractivity contribution in [2.75, 3.05) is 13.2 Å². The zero-order valence-corrected chi connectivity index (χ0v) is 31.3. The number of ether oxygens (including phenoxy) is 5. The maximum atomic E-state index is 12.9. The van der Waals surface area contributed by atoms with Gasteiger partial charge in [0.2, 0.25) is 0 Å². The summed E-state index contributed by atoms with van der Waals surface area (Å²) < 4.78 is 32.4. The Morgan fingerprint density at radius 2 is 1.19 bits per heavy atom. The van der Waals surface area contributed by atoms with Crippen molar-refractivity contribution in [3.63, 3.8) is 0 Å². The highest BCUT2D eigenvalue weighted by Gasteiger charge is 2.49. The number of aryl methyl sites for hydroxylation is 2. The van der Waals surface area contributed by atoms with Gasteiger partial charge in [0.25, 0.3) is 0 Å². The fraction of sp³-hybridized carbons (Fsp3) is 0.312. The van der Waals surface area contributed by atoms with Crippen LogP contribution < -0.4 is 0 Å². The van der Waals surface area contributed by atoms with Gasteiger partial charge in [-0.2, -0.15) is 0 Å². The Morgan fingerprint density at radius 3 is 1.76 bits per heavy atom. The lowest BCUT2D eigenvalue weighted by Gasteiger charge is -2.45. The molecule has 0 aliphatic carbocycles. The maximum absolute atomic E-state index is 12.9. The Morgan fingerprint density at radius 1 is 0.630 bits per heavy atom. The third-order valence-corrected chi connectivity index (χ3v) is 9.92. The number of unbranched alkanes of at least 4 members (excludes halogenated alkanes) is 1. The lowest BCUT2D eigenvalue weighted by Crippen LogP contribution is -2.57. The van der Waals surface area contributed by atoms with E-state index in [1.807, 2.05) is 91.0 Å². The number of carbonyl (C=O) groups is 1. The van der Waals surface area contributed by atoms with Gasteiger partial charge in [-0.1, -0.05) is 140 Å². The van der Waals surface area contributed by atoms with Crippen molar-refractivity contribution in [2.45, 2.75) is 82.9 Å². The Balaban J connectivity index is 1.26. The normalized spacial score (nSPS) is 19.7. The topological polar surface area (TPSA) is 63.2 Å². The quantitative estimate of drug-likeness (QED) is 0.0453. The fourth-order valence-corrected chi connectivity index (χ4v) is 6.91. The van der Waals surface area contributed by atoms with E-state index in [1.165, 1.54) is 22.3 Å². The summed E-state index contributed by atoms with van der Waals surface area (Å²) in [6, 6.07) is 45.4. The van der Waals surface area contributed by atoms with Crippen LogP contribution in [0.1, 0.15) is 63.5 Å². The highest BCUT2D eigenvalue weighted by Crippen LogP contribution is 2.38. The fourth-order valence-electron chi connectivity index (χ4n) is 6.91. The molecule has 5 aromatic carbocycles. The van der Waals surface area contributed by atoms with E-state index in [4.69, 9.17) is 23.7 Å². The van der Waals surface area contributed by atoms with Gasteiger partial charge in [-0.05, 0) is 77.1 Å². The molecule has 1 fully saturated rings. The molecule has 280 valence electrons. The standard InChI is InChI=1S/C48H52O6/c1-3-28-50-29-14-13-15-37-23-25-38(26-24-37)30-43-31-42(27-22-36(43)2)45-47(52-34-40-18-9-5-10-19-40)48(53-35-41-20-11-6-12-21-41)46(44(32-49)54-45)51-33-39-16-7-4-8-17-39/h3-12,16-27,31-32,44-48H,1,13-15,28-30,33-35H2,2H3/t44?,45?,46-,47+,48?/m1/s1. The summed E-state index contributed by atoms with van der Waals surface area (Å²) in [5.41, 5.74) is 8.93. The van der Waals surface area contributed by atoms with Gasteiger partial charge in [0.05, 0.1) is 26.4 Å². The van der Waals surface area contributed by atoms with Crippen LogP contribution in [0.3, 0.4) is 0 Å². The molecule has 54 heavy (non-hydrogen) atoms. The lowest BCUT2D eigenvalue weighted by atomic mass is 9.88. The molecule has 0 radical (unpaired) electrons. The number of aldehydes is 1. The number of benzene rings is 5. The smallest absolute Gasteiger partial charge is 0.151 e. The van der Waals surface area contributed by atoms with Gasteiger partial charge in [0, 0.05) is 6.61 Å². The van der Waals surface area contributed by atoms with Gasteiger partial charge in [0.1, 0.15) is 30.5 Å². The molecule has 6 rings (SSSR count). The molecular formula is C48H52O6. The first-order valence-corrected chi connectivity index (χ1v) is 19.0. The van der Waals surface area contributed by atoms with Crippen LogP contribution in [0.15, 0.2) is 146 Å². The molecule has 1 aliphatic heterocycles. The summed E-state index contributed by atoms with van der Waals surface area (Å²) >= 11 is 0. The van der Waals surface area contributed by atoms with Gasteiger partial charge in [-0.3, -0.25) is 0 Å². The molecule has 6 heteroatoms. The van der Waals surface area contributed by atoms with Crippen LogP contribution in [0.4, 0.5) is 0 Å². The summed E-state index contributed by atoms with van der Waals surface area (Å²) in [4.78, 5) is 12.9. The summed E-state index contributed by atoms with van der Waals surface area (Å²) in [5.74, 6) is 0. The molecule has 1 heterocycles. The Labute approximate surface area is 320 Å². The first kappa shape index (κ1) is 39.0. The van der Waals surface area contributed by atoms with E-state index in [1.54, 1.807) is 6.08 Å². The molecular weight excluding hydrogens is 673 g/mol. The first-order chi connectivity index (χ1) is 26.6. The Hall–Kier alpha value is -4.69. The molecule has 0 bridgehead atoms. The predicted molar refractivity (Wildman–Crippen MR) is 213 cm³/mol. The lowest BCUT2D eigenvalue weighted by molar-refractivity contribution is -0.259. The molecule has 6 nitrogen and oxygen atoms in total. The van der Waals surface area contributed by atoms with Crippen molar-refractivity contribution in [1.82, 2.24) is 0 Å². The van der Waals surface area contributed by atoms with Gasteiger partial charge < -0.3 is 28.5 Å². The van der Waals surface area contributed by atoms with Crippen LogP contribution >= 0.6 is 0 Å². The third kappa shape index (κ3) is 11.2. The summed E-state index contributed by atoms with van der Waals surface area (Å²) in [6.07, 6.45) is 3.19. The molecule has 0 N–H and O–H groups in total. The molecule has 1 saturated heterocycles. The van der Waals surface area contributed by atoms with Crippen LogP contribution in [0.2, 0.25) is 0 Å². The highest BCUT2D eigenvalue weighted by atomic mass is 16.6. The van der Waals surface area contributed by atoms with Crippen molar-refractivity contribution in [2.24, 2.45) is 0 Å². The second kappa shape index (κ2) is 20.7. The largest absolute Gasteiger partial charge is 0.377 e. The van der Waals surface area contributed by atoms with E-state index in [2.05, 4.69) is 56.0 Å². The monoisotopic (exact) mass is 724 g/mol. The average molecular weight is 725 g/mol. The van der Waals surface area contributed by atoms with Crippen LogP contribution in [-0.2, 0) is 61.1 Å². The van der Waals surface area contributed by atoms with Crippen LogP contribution in [-0.4, -0.2) is 43.9 Å². The van der Waals surface area contributed by atoms with Gasteiger partial charge in [-0.25, -0.2) is 0 Å². The summed E-state index contributed by atoms with van der Waals surface area (Å²) in [7, 11) is 0. The Bertz CT molecular complexity index is 1840. The SMILES string of the molecule is C=CCOCCCCc1ccc(Cc2cc(C3OC(C=O)[C@@H](OCc4ccccc4)C(OCc4ccccc4)[C@H]3OCc3ccccc3)ccc2C)cc1. The second-order valence-corrected chi connectivity index (χ2v) is 13.9. The van der Waals surface area contributed by atoms with Crippen molar-refractivity contribution in [3.05, 3.63) is 191 Å². The molecule has 5 aromatic rings. The highest BCUT2D eigenvalue weighted by molar-refractivity contribution is 5.58. The predicted octanol–water partition coefficient (Wildman–Crippen LogP) is 9.51. The third-order valence-electron chi connectivity index (χ3n) is 9.92. The minimum absolute atomic E-state index is 0.304. The summed E-state index contributed by atoms with van der Waals surface area (Å²) in [5, 5.41) is 0. The van der Waals surface area contributed by atoms with E-state index in [0.29, 0.717) is 26.4 Å². The first-order valence-electron chi connectivity index (χ1n) is 19.0. The zero-order chi connectivity index (χ0) is 37.4. The van der Waals surface area contributed by atoms with E-state index in [0.717, 1.165) is 60.8 Å². The summed E-state index contributed by atoms with van der Waals surface area (Å²) in [6.45, 7) is 8.19. The second-order valence-electron chi connectivity index (χ2n) is 13.9.